The van der Waals surface area contributed by atoms with Gasteiger partial charge in [0, 0.05) is 45.8 Å². The zero-order valence-electron chi connectivity index (χ0n) is 17.6. The first-order valence-corrected chi connectivity index (χ1v) is 11.9. The fourth-order valence-electron chi connectivity index (χ4n) is 4.32. The van der Waals surface area contributed by atoms with Crippen molar-refractivity contribution in [2.24, 2.45) is 0 Å². The normalized spacial score (nSPS) is 18.5. The Labute approximate surface area is 204 Å². The number of nitrogens with one attached hydrogen (secondary N) is 1. The van der Waals surface area contributed by atoms with Gasteiger partial charge in [-0.15, -0.1) is 0 Å². The van der Waals surface area contributed by atoms with Gasteiger partial charge in [0.15, 0.2) is 0 Å². The van der Waals surface area contributed by atoms with Crippen molar-refractivity contribution < 1.29 is 4.79 Å². The zero-order valence-corrected chi connectivity index (χ0v) is 19.9. The molecule has 0 radical (unpaired) electrons. The Bertz CT molecular complexity index is 1050. The van der Waals surface area contributed by atoms with E-state index in [4.69, 9.17) is 34.8 Å². The van der Waals surface area contributed by atoms with Gasteiger partial charge >= 0.3 is 0 Å². The van der Waals surface area contributed by atoms with Crippen LogP contribution >= 0.6 is 34.8 Å². The number of hydrogen-bond donors (Lipinski definition) is 1. The van der Waals surface area contributed by atoms with Gasteiger partial charge in [0.1, 0.15) is 0 Å². The van der Waals surface area contributed by atoms with Gasteiger partial charge in [-0.1, -0.05) is 83.3 Å². The molecule has 1 N–H and O–H groups in total. The number of likely N-dealkylation sites (tertiary alicyclic amines) is 1. The van der Waals surface area contributed by atoms with Gasteiger partial charge in [0.05, 0.1) is 0 Å². The predicted octanol–water partition coefficient (Wildman–Crippen LogP) is 6.65. The summed E-state index contributed by atoms with van der Waals surface area (Å²) in [5.74, 6) is -0.0279. The summed E-state index contributed by atoms with van der Waals surface area (Å²) in [6.45, 7) is 1.38. The van der Waals surface area contributed by atoms with Crippen LogP contribution in [0.1, 0.15) is 34.3 Å². The van der Waals surface area contributed by atoms with E-state index < -0.39 is 0 Å². The van der Waals surface area contributed by atoms with Crippen LogP contribution in [0.4, 0.5) is 0 Å². The number of rotatable bonds is 6. The first-order chi connectivity index (χ1) is 15.5. The molecule has 1 amide bonds. The van der Waals surface area contributed by atoms with Crippen molar-refractivity contribution in [3.05, 3.63) is 105 Å². The summed E-state index contributed by atoms with van der Waals surface area (Å²) in [4.78, 5) is 15.4. The number of piperidine rings is 1. The Morgan fingerprint density at radius 3 is 2.34 bits per heavy atom. The number of carbonyl (C=O) groups is 1. The van der Waals surface area contributed by atoms with Crippen LogP contribution in [0.15, 0.2) is 72.8 Å². The maximum Gasteiger partial charge on any atom is 0.254 e. The fourth-order valence-corrected chi connectivity index (χ4v) is 5.05. The maximum absolute atomic E-state index is 13.4. The minimum Gasteiger partial charge on any atom is -0.335 e. The highest BCUT2D eigenvalue weighted by molar-refractivity contribution is 6.35. The van der Waals surface area contributed by atoms with Crippen LogP contribution in [0.3, 0.4) is 0 Å². The van der Waals surface area contributed by atoms with Crippen LogP contribution in [0.5, 0.6) is 0 Å². The van der Waals surface area contributed by atoms with Crippen molar-refractivity contribution in [2.45, 2.75) is 37.9 Å². The lowest BCUT2D eigenvalue weighted by molar-refractivity contribution is 0.0576. The summed E-state index contributed by atoms with van der Waals surface area (Å²) in [5.41, 5.74) is 2.83. The van der Waals surface area contributed by atoms with Gasteiger partial charge in [-0.05, 0) is 54.7 Å². The summed E-state index contributed by atoms with van der Waals surface area (Å²) in [5, 5.41) is 5.36. The molecular weight excluding hydrogens is 463 g/mol. The Hall–Kier alpha value is -2.04. The zero-order chi connectivity index (χ0) is 22.5. The highest BCUT2D eigenvalue weighted by atomic mass is 35.5. The lowest BCUT2D eigenvalue weighted by Crippen LogP contribution is -2.51. The quantitative estimate of drug-likeness (QED) is 0.422. The summed E-state index contributed by atoms with van der Waals surface area (Å²) >= 11 is 18.6. The maximum atomic E-state index is 13.4. The summed E-state index contributed by atoms with van der Waals surface area (Å²) in [6.07, 6.45) is 2.53. The molecule has 0 saturated carbocycles. The average molecular weight is 488 g/mol. The molecule has 0 spiro atoms. The van der Waals surface area contributed by atoms with E-state index in [1.165, 1.54) is 5.56 Å². The number of halogens is 3. The third-order valence-corrected chi connectivity index (χ3v) is 6.74. The van der Waals surface area contributed by atoms with Crippen molar-refractivity contribution >= 4 is 40.7 Å². The molecule has 1 aliphatic heterocycles. The summed E-state index contributed by atoms with van der Waals surface area (Å²) in [6, 6.07) is 23.6. The minimum absolute atomic E-state index is 0.0279. The SMILES string of the molecule is O=C(c1cc(Cl)cc(Cl)c1)N1CC[C@H](NCc2ccccc2Cl)C[C@@H]1Cc1ccccc1. The standard InChI is InChI=1S/C26H25Cl3N2O/c27-21-13-20(14-22(28)15-21)26(32)31-11-10-23(30-17-19-8-4-5-9-25(19)29)16-24(31)12-18-6-2-1-3-7-18/h1-9,13-15,23-24,30H,10-12,16-17H2/t23-,24-/m0/s1. The second-order valence-corrected chi connectivity index (χ2v) is 9.47. The molecule has 0 aromatic heterocycles. The van der Waals surface area contributed by atoms with E-state index in [0.717, 1.165) is 29.8 Å². The van der Waals surface area contributed by atoms with E-state index in [2.05, 4.69) is 17.4 Å². The van der Waals surface area contributed by atoms with Crippen molar-refractivity contribution in [3.8, 4) is 0 Å². The monoisotopic (exact) mass is 486 g/mol. The van der Waals surface area contributed by atoms with Crippen LogP contribution in [-0.4, -0.2) is 29.4 Å². The van der Waals surface area contributed by atoms with Gasteiger partial charge < -0.3 is 10.2 Å². The smallest absolute Gasteiger partial charge is 0.254 e. The average Bonchev–Trinajstić information content (AvgIpc) is 2.78. The molecule has 1 aliphatic rings. The van der Waals surface area contributed by atoms with E-state index in [9.17, 15) is 4.79 Å². The molecule has 2 atom stereocenters. The van der Waals surface area contributed by atoms with Gasteiger partial charge in [0.2, 0.25) is 0 Å². The largest absolute Gasteiger partial charge is 0.335 e. The molecule has 1 saturated heterocycles. The van der Waals surface area contributed by atoms with E-state index in [1.807, 2.05) is 47.4 Å². The fraction of sp³-hybridized carbons (Fsp3) is 0.269. The number of carbonyl (C=O) groups excluding carboxylic acids is 1. The Balaban J connectivity index is 1.51. The first kappa shape index (κ1) is 23.1. The van der Waals surface area contributed by atoms with Gasteiger partial charge in [-0.25, -0.2) is 0 Å². The molecule has 32 heavy (non-hydrogen) atoms. The van der Waals surface area contributed by atoms with E-state index >= 15 is 0 Å². The van der Waals surface area contributed by atoms with E-state index in [1.54, 1.807) is 18.2 Å². The summed E-state index contributed by atoms with van der Waals surface area (Å²) in [7, 11) is 0. The first-order valence-electron chi connectivity index (χ1n) is 10.8. The number of hydrogen-bond acceptors (Lipinski definition) is 2. The molecule has 166 valence electrons. The second kappa shape index (κ2) is 10.7. The van der Waals surface area contributed by atoms with Crippen LogP contribution in [-0.2, 0) is 13.0 Å². The van der Waals surface area contributed by atoms with Crippen LogP contribution in [0, 0.1) is 0 Å². The number of nitrogens with zero attached hydrogens (tertiary/aromatic N) is 1. The van der Waals surface area contributed by atoms with Crippen molar-refractivity contribution in [1.82, 2.24) is 10.2 Å². The minimum atomic E-state index is -0.0279. The van der Waals surface area contributed by atoms with E-state index in [0.29, 0.717) is 34.7 Å². The number of amides is 1. The Kier molecular flexibility index (Phi) is 7.75. The molecular formula is C26H25Cl3N2O. The van der Waals surface area contributed by atoms with E-state index in [-0.39, 0.29) is 11.9 Å². The second-order valence-electron chi connectivity index (χ2n) is 8.19. The molecule has 0 unspecified atom stereocenters. The van der Waals surface area contributed by atoms with Gasteiger partial charge in [0.25, 0.3) is 5.91 Å². The van der Waals surface area contributed by atoms with Crippen LogP contribution < -0.4 is 5.32 Å². The molecule has 3 aromatic rings. The topological polar surface area (TPSA) is 32.3 Å². The molecule has 1 heterocycles. The van der Waals surface area contributed by atoms with Gasteiger partial charge in [-0.2, -0.15) is 0 Å². The van der Waals surface area contributed by atoms with Crippen molar-refractivity contribution in [1.29, 1.82) is 0 Å². The predicted molar refractivity (Wildman–Crippen MR) is 133 cm³/mol. The summed E-state index contributed by atoms with van der Waals surface area (Å²) < 4.78 is 0. The van der Waals surface area contributed by atoms with Crippen molar-refractivity contribution in [2.75, 3.05) is 6.54 Å². The van der Waals surface area contributed by atoms with Gasteiger partial charge in [-0.3, -0.25) is 4.79 Å². The highest BCUT2D eigenvalue weighted by Crippen LogP contribution is 2.27. The molecule has 0 bridgehead atoms. The third kappa shape index (κ3) is 5.85. The third-order valence-electron chi connectivity index (χ3n) is 5.94. The highest BCUT2D eigenvalue weighted by Gasteiger charge is 2.32. The molecule has 0 aliphatic carbocycles. The molecule has 3 nitrogen and oxygen atoms in total. The Morgan fingerprint density at radius 2 is 1.62 bits per heavy atom. The lowest BCUT2D eigenvalue weighted by Gasteiger charge is -2.40. The Morgan fingerprint density at radius 1 is 0.938 bits per heavy atom. The molecule has 4 rings (SSSR count). The van der Waals surface area contributed by atoms with Crippen LogP contribution in [0.2, 0.25) is 15.1 Å². The molecule has 6 heteroatoms. The van der Waals surface area contributed by atoms with Crippen molar-refractivity contribution in [3.63, 3.8) is 0 Å². The lowest BCUT2D eigenvalue weighted by atomic mass is 9.91. The number of benzene rings is 3. The molecule has 1 fully saturated rings. The van der Waals surface area contributed by atoms with Crippen LogP contribution in [0.25, 0.3) is 0 Å². The molecule has 3 aromatic carbocycles.